The third kappa shape index (κ3) is 2.67. The quantitative estimate of drug-likeness (QED) is 0.794. The van der Waals surface area contributed by atoms with E-state index in [2.05, 4.69) is 17.6 Å². The first-order valence-electron chi connectivity index (χ1n) is 7.03. The van der Waals surface area contributed by atoms with Gasteiger partial charge in [-0.05, 0) is 38.0 Å². The first kappa shape index (κ1) is 14.2. The Morgan fingerprint density at radius 1 is 1.45 bits per heavy atom. The number of ether oxygens (including phenoxy) is 1. The number of hydrogen-bond donors (Lipinski definition) is 0. The minimum Gasteiger partial charge on any atom is -0.378 e. The molecular formula is C15H18Cl2N2O. The molecule has 108 valence electrons. The van der Waals surface area contributed by atoms with Crippen LogP contribution in [-0.2, 0) is 11.2 Å². The van der Waals surface area contributed by atoms with Crippen LogP contribution in [-0.4, -0.2) is 28.1 Å². The fourth-order valence-corrected chi connectivity index (χ4v) is 3.33. The summed E-state index contributed by atoms with van der Waals surface area (Å²) in [6, 6.07) is 6.34. The van der Waals surface area contributed by atoms with Crippen LogP contribution in [0.3, 0.4) is 0 Å². The van der Waals surface area contributed by atoms with E-state index >= 15 is 0 Å². The van der Waals surface area contributed by atoms with Gasteiger partial charge in [-0.15, -0.1) is 11.6 Å². The van der Waals surface area contributed by atoms with E-state index in [0.717, 1.165) is 47.7 Å². The maximum Gasteiger partial charge on any atom is 0.111 e. The molecule has 1 fully saturated rings. The highest BCUT2D eigenvalue weighted by molar-refractivity contribution is 6.31. The summed E-state index contributed by atoms with van der Waals surface area (Å²) in [5.41, 5.74) is 2.10. The molecule has 3 nitrogen and oxygen atoms in total. The fraction of sp³-hybridized carbons (Fsp3) is 0.533. The van der Waals surface area contributed by atoms with E-state index in [0.29, 0.717) is 18.0 Å². The standard InChI is InChI=1S/C15H18Cl2N2O/c1-10-8-12(5-7-20-10)19-14-3-2-11(17)9-13(14)18-15(19)4-6-16/h2-3,9-10,12H,4-8H2,1H3. The highest BCUT2D eigenvalue weighted by Gasteiger charge is 2.24. The molecule has 0 N–H and O–H groups in total. The van der Waals surface area contributed by atoms with Gasteiger partial charge in [-0.1, -0.05) is 11.6 Å². The van der Waals surface area contributed by atoms with Crippen LogP contribution < -0.4 is 0 Å². The maximum atomic E-state index is 6.07. The van der Waals surface area contributed by atoms with Crippen LogP contribution >= 0.6 is 23.2 Å². The Morgan fingerprint density at radius 2 is 2.30 bits per heavy atom. The largest absolute Gasteiger partial charge is 0.378 e. The average Bonchev–Trinajstić information content (AvgIpc) is 2.76. The first-order chi connectivity index (χ1) is 9.69. The molecule has 20 heavy (non-hydrogen) atoms. The maximum absolute atomic E-state index is 6.07. The van der Waals surface area contributed by atoms with Crippen molar-refractivity contribution in [3.05, 3.63) is 29.0 Å². The van der Waals surface area contributed by atoms with Gasteiger partial charge in [0.15, 0.2) is 0 Å². The average molecular weight is 313 g/mol. The number of hydrogen-bond acceptors (Lipinski definition) is 2. The van der Waals surface area contributed by atoms with Crippen molar-refractivity contribution in [1.29, 1.82) is 0 Å². The zero-order valence-corrected chi connectivity index (χ0v) is 13.0. The molecule has 2 heterocycles. The molecule has 2 aromatic rings. The van der Waals surface area contributed by atoms with Gasteiger partial charge in [-0.25, -0.2) is 4.98 Å². The number of rotatable bonds is 3. The van der Waals surface area contributed by atoms with Crippen molar-refractivity contribution in [2.45, 2.75) is 38.3 Å². The van der Waals surface area contributed by atoms with Crippen LogP contribution in [0, 0.1) is 0 Å². The van der Waals surface area contributed by atoms with Crippen molar-refractivity contribution < 1.29 is 4.74 Å². The summed E-state index contributed by atoms with van der Waals surface area (Å²) < 4.78 is 8.00. The van der Waals surface area contributed by atoms with Crippen LogP contribution in [0.2, 0.25) is 5.02 Å². The number of aromatic nitrogens is 2. The molecule has 3 rings (SSSR count). The third-order valence-electron chi connectivity index (χ3n) is 3.87. The minimum atomic E-state index is 0.294. The molecule has 2 atom stereocenters. The predicted octanol–water partition coefficient (Wildman–Crippen LogP) is 4.21. The van der Waals surface area contributed by atoms with Crippen molar-refractivity contribution in [2.75, 3.05) is 12.5 Å². The monoisotopic (exact) mass is 312 g/mol. The fourth-order valence-electron chi connectivity index (χ4n) is 3.00. The van der Waals surface area contributed by atoms with E-state index in [1.807, 2.05) is 12.1 Å². The van der Waals surface area contributed by atoms with Gasteiger partial charge in [-0.3, -0.25) is 0 Å². The highest BCUT2D eigenvalue weighted by Crippen LogP contribution is 2.31. The van der Waals surface area contributed by atoms with Crippen LogP contribution in [0.5, 0.6) is 0 Å². The van der Waals surface area contributed by atoms with Gasteiger partial charge >= 0.3 is 0 Å². The Bertz CT molecular complexity index is 611. The zero-order valence-electron chi connectivity index (χ0n) is 11.5. The SMILES string of the molecule is CC1CC(n2c(CCCl)nc3cc(Cl)ccc32)CCO1. The molecule has 0 amide bonds. The first-order valence-corrected chi connectivity index (χ1v) is 7.94. The summed E-state index contributed by atoms with van der Waals surface area (Å²) in [7, 11) is 0. The molecule has 0 saturated carbocycles. The second-order valence-corrected chi connectivity index (χ2v) is 6.14. The highest BCUT2D eigenvalue weighted by atomic mass is 35.5. The van der Waals surface area contributed by atoms with E-state index in [1.54, 1.807) is 0 Å². The molecule has 1 saturated heterocycles. The summed E-state index contributed by atoms with van der Waals surface area (Å²) in [6.45, 7) is 2.93. The van der Waals surface area contributed by atoms with Gasteiger partial charge in [0.05, 0.1) is 17.1 Å². The van der Waals surface area contributed by atoms with Crippen molar-refractivity contribution in [3.8, 4) is 0 Å². The molecule has 0 aliphatic carbocycles. The van der Waals surface area contributed by atoms with E-state index in [-0.39, 0.29) is 0 Å². The number of fused-ring (bicyclic) bond motifs is 1. The Hall–Kier alpha value is -0.770. The van der Waals surface area contributed by atoms with Crippen LogP contribution in [0.25, 0.3) is 11.0 Å². The van der Waals surface area contributed by atoms with Gasteiger partial charge in [0, 0.05) is 30.0 Å². The van der Waals surface area contributed by atoms with Gasteiger partial charge in [0.2, 0.25) is 0 Å². The van der Waals surface area contributed by atoms with Crippen LogP contribution in [0.15, 0.2) is 18.2 Å². The summed E-state index contributed by atoms with van der Waals surface area (Å²) in [5, 5.41) is 0.722. The number of imidazole rings is 1. The van der Waals surface area contributed by atoms with E-state index in [4.69, 9.17) is 32.9 Å². The third-order valence-corrected chi connectivity index (χ3v) is 4.29. The number of halogens is 2. The summed E-state index contributed by atoms with van der Waals surface area (Å²) in [4.78, 5) is 4.72. The Kier molecular flexibility index (Phi) is 4.20. The van der Waals surface area contributed by atoms with Crippen molar-refractivity contribution in [1.82, 2.24) is 9.55 Å². The molecule has 0 radical (unpaired) electrons. The molecular weight excluding hydrogens is 295 g/mol. The lowest BCUT2D eigenvalue weighted by atomic mass is 10.0. The van der Waals surface area contributed by atoms with Gasteiger partial charge in [0.25, 0.3) is 0 Å². The molecule has 1 aromatic carbocycles. The minimum absolute atomic E-state index is 0.294. The molecule has 1 aliphatic heterocycles. The molecule has 0 bridgehead atoms. The van der Waals surface area contributed by atoms with Gasteiger partial charge in [-0.2, -0.15) is 0 Å². The number of aryl methyl sites for hydroxylation is 1. The van der Waals surface area contributed by atoms with E-state index in [1.165, 1.54) is 0 Å². The van der Waals surface area contributed by atoms with E-state index < -0.39 is 0 Å². The normalized spacial score (nSPS) is 23.4. The lowest BCUT2D eigenvalue weighted by Crippen LogP contribution is -2.26. The smallest absolute Gasteiger partial charge is 0.111 e. The lowest BCUT2D eigenvalue weighted by Gasteiger charge is -2.29. The second kappa shape index (κ2) is 5.92. The van der Waals surface area contributed by atoms with Crippen molar-refractivity contribution in [2.24, 2.45) is 0 Å². The second-order valence-electron chi connectivity index (χ2n) is 5.33. The van der Waals surface area contributed by atoms with Crippen LogP contribution in [0.4, 0.5) is 0 Å². The number of nitrogens with zero attached hydrogens (tertiary/aromatic N) is 2. The van der Waals surface area contributed by atoms with Gasteiger partial charge in [0.1, 0.15) is 5.82 Å². The molecule has 1 aromatic heterocycles. The number of benzene rings is 1. The lowest BCUT2D eigenvalue weighted by molar-refractivity contribution is 0.00625. The molecule has 1 aliphatic rings. The van der Waals surface area contributed by atoms with E-state index in [9.17, 15) is 0 Å². The molecule has 5 heteroatoms. The Morgan fingerprint density at radius 3 is 3.05 bits per heavy atom. The summed E-state index contributed by atoms with van der Waals surface area (Å²) in [5.74, 6) is 1.63. The number of alkyl halides is 1. The molecule has 0 spiro atoms. The summed E-state index contributed by atoms with van der Waals surface area (Å²) >= 11 is 12.0. The zero-order chi connectivity index (χ0) is 14.1. The topological polar surface area (TPSA) is 27.1 Å². The Balaban J connectivity index is 2.08. The predicted molar refractivity (Wildman–Crippen MR) is 82.9 cm³/mol. The van der Waals surface area contributed by atoms with Crippen molar-refractivity contribution >= 4 is 34.2 Å². The summed E-state index contributed by atoms with van der Waals surface area (Å²) in [6.07, 6.45) is 3.11. The Labute approximate surface area is 128 Å². The van der Waals surface area contributed by atoms with Gasteiger partial charge < -0.3 is 9.30 Å². The van der Waals surface area contributed by atoms with Crippen LogP contribution in [0.1, 0.15) is 31.6 Å². The molecule has 2 unspecified atom stereocenters. The van der Waals surface area contributed by atoms with Crippen molar-refractivity contribution in [3.63, 3.8) is 0 Å².